The quantitative estimate of drug-likeness (QED) is 0.540. The number of carbonyl (C=O) groups excluding carboxylic acids is 1. The summed E-state index contributed by atoms with van der Waals surface area (Å²) in [5, 5.41) is 13.7. The topological polar surface area (TPSA) is 57.8 Å². The molecule has 1 heterocycles. The molecule has 0 atom stereocenters. The van der Waals surface area contributed by atoms with Crippen molar-refractivity contribution >= 4 is 34.5 Å². The van der Waals surface area contributed by atoms with Crippen LogP contribution in [-0.4, -0.2) is 17.0 Å². The molecular weight excluding hydrogens is 346 g/mol. The molecule has 130 valence electrons. The minimum atomic E-state index is -0.357. The Morgan fingerprint density at radius 1 is 1.23 bits per heavy atom. The van der Waals surface area contributed by atoms with Gasteiger partial charge in [0.1, 0.15) is 11.6 Å². The Morgan fingerprint density at radius 2 is 1.96 bits per heavy atom. The largest absolute Gasteiger partial charge is 0.352 e. The lowest BCUT2D eigenvalue weighted by molar-refractivity contribution is -0.116. The second-order valence-electron chi connectivity index (χ2n) is 5.89. The molecule has 0 aliphatic carbocycles. The van der Waals surface area contributed by atoms with Gasteiger partial charge in [0.15, 0.2) is 0 Å². The number of likely N-dealkylation sites (N-methyl/N-ethyl adjacent to an activating group) is 1. The van der Waals surface area contributed by atoms with E-state index in [9.17, 15) is 10.1 Å². The van der Waals surface area contributed by atoms with E-state index < -0.39 is 0 Å². The van der Waals surface area contributed by atoms with Crippen LogP contribution >= 0.6 is 11.6 Å². The zero-order valence-corrected chi connectivity index (χ0v) is 15.1. The van der Waals surface area contributed by atoms with Crippen molar-refractivity contribution in [1.29, 1.82) is 5.26 Å². The number of nitrogens with zero attached hydrogens (tertiary/aromatic N) is 2. The van der Waals surface area contributed by atoms with Crippen LogP contribution in [0.4, 0.5) is 0 Å². The fourth-order valence-corrected chi connectivity index (χ4v) is 2.99. The first-order valence-corrected chi connectivity index (χ1v) is 8.72. The molecule has 0 saturated heterocycles. The number of para-hydroxylation sites is 1. The Labute approximate surface area is 157 Å². The van der Waals surface area contributed by atoms with Crippen LogP contribution in [0.25, 0.3) is 17.0 Å². The molecule has 26 heavy (non-hydrogen) atoms. The number of aromatic nitrogens is 1. The van der Waals surface area contributed by atoms with Gasteiger partial charge < -0.3 is 9.88 Å². The Morgan fingerprint density at radius 3 is 2.65 bits per heavy atom. The number of nitriles is 1. The lowest BCUT2D eigenvalue weighted by Gasteiger charge is -2.05. The zero-order valence-electron chi connectivity index (χ0n) is 14.4. The first-order valence-electron chi connectivity index (χ1n) is 8.34. The number of hydrogen-bond acceptors (Lipinski definition) is 2. The molecule has 0 aliphatic rings. The summed E-state index contributed by atoms with van der Waals surface area (Å²) in [5.74, 6) is -0.357. The summed E-state index contributed by atoms with van der Waals surface area (Å²) in [6.07, 6.45) is 3.61. The lowest BCUT2D eigenvalue weighted by atomic mass is 10.1. The third kappa shape index (κ3) is 3.79. The van der Waals surface area contributed by atoms with E-state index in [4.69, 9.17) is 11.6 Å². The predicted octanol–water partition coefficient (Wildman–Crippen LogP) is 4.39. The molecule has 0 spiro atoms. The van der Waals surface area contributed by atoms with Crippen LogP contribution in [0.1, 0.15) is 18.1 Å². The number of rotatable bonds is 5. The molecule has 3 rings (SSSR count). The van der Waals surface area contributed by atoms with Gasteiger partial charge in [-0.05, 0) is 36.8 Å². The molecule has 1 N–H and O–H groups in total. The van der Waals surface area contributed by atoms with E-state index in [-0.39, 0.29) is 11.5 Å². The third-order valence-electron chi connectivity index (χ3n) is 4.09. The molecule has 5 heteroatoms. The van der Waals surface area contributed by atoms with Crippen molar-refractivity contribution in [2.75, 3.05) is 6.54 Å². The summed E-state index contributed by atoms with van der Waals surface area (Å²) in [4.78, 5) is 12.0. The normalized spacial score (nSPS) is 11.3. The molecular formula is C21H18ClN3O. The smallest absolute Gasteiger partial charge is 0.261 e. The van der Waals surface area contributed by atoms with Gasteiger partial charge in [-0.3, -0.25) is 4.79 Å². The van der Waals surface area contributed by atoms with E-state index in [2.05, 4.69) is 9.88 Å². The van der Waals surface area contributed by atoms with Crippen molar-refractivity contribution in [3.05, 3.63) is 76.5 Å². The molecule has 4 nitrogen and oxygen atoms in total. The first-order chi connectivity index (χ1) is 12.6. The van der Waals surface area contributed by atoms with Crippen molar-refractivity contribution in [2.24, 2.45) is 0 Å². The maximum atomic E-state index is 12.0. The summed E-state index contributed by atoms with van der Waals surface area (Å²) in [6, 6.07) is 17.6. The Kier molecular flexibility index (Phi) is 5.40. The number of amides is 1. The molecule has 0 fully saturated rings. The van der Waals surface area contributed by atoms with Crippen molar-refractivity contribution in [2.45, 2.75) is 13.5 Å². The van der Waals surface area contributed by atoms with Crippen LogP contribution in [-0.2, 0) is 11.3 Å². The van der Waals surface area contributed by atoms with Crippen molar-refractivity contribution < 1.29 is 4.79 Å². The third-order valence-corrected chi connectivity index (χ3v) is 4.34. The highest BCUT2D eigenvalue weighted by atomic mass is 35.5. The van der Waals surface area contributed by atoms with E-state index in [0.717, 1.165) is 22.0 Å². The van der Waals surface area contributed by atoms with Gasteiger partial charge in [0.05, 0.1) is 0 Å². The Hall–Kier alpha value is -3.03. The standard InChI is InChI=1S/C21H18ClN3O/c1-2-24-21(26)16(12-23)11-17-14-25(20-6-4-3-5-19(17)20)13-15-7-9-18(22)10-8-15/h3-11,14H,2,13H2,1H3,(H,24,26)/b16-11+. The Bertz CT molecular complexity index is 1010. The zero-order chi connectivity index (χ0) is 18.5. The van der Waals surface area contributed by atoms with Gasteiger partial charge in [-0.15, -0.1) is 0 Å². The minimum absolute atomic E-state index is 0.0984. The van der Waals surface area contributed by atoms with Crippen LogP contribution in [0.2, 0.25) is 5.02 Å². The predicted molar refractivity (Wildman–Crippen MR) is 105 cm³/mol. The van der Waals surface area contributed by atoms with Crippen LogP contribution < -0.4 is 5.32 Å². The Balaban J connectivity index is 2.03. The number of fused-ring (bicyclic) bond motifs is 1. The van der Waals surface area contributed by atoms with Gasteiger partial charge >= 0.3 is 0 Å². The number of carbonyl (C=O) groups is 1. The van der Waals surface area contributed by atoms with Crippen LogP contribution in [0.15, 0.2) is 60.3 Å². The second-order valence-corrected chi connectivity index (χ2v) is 6.32. The van der Waals surface area contributed by atoms with E-state index in [1.807, 2.05) is 67.7 Å². The first kappa shape index (κ1) is 17.8. The monoisotopic (exact) mass is 363 g/mol. The van der Waals surface area contributed by atoms with Gasteiger partial charge in [0.25, 0.3) is 5.91 Å². The van der Waals surface area contributed by atoms with Gasteiger partial charge in [-0.2, -0.15) is 5.26 Å². The van der Waals surface area contributed by atoms with Gasteiger partial charge in [-0.1, -0.05) is 41.9 Å². The summed E-state index contributed by atoms with van der Waals surface area (Å²) in [7, 11) is 0. The van der Waals surface area contributed by atoms with Crippen LogP contribution in [0.5, 0.6) is 0 Å². The van der Waals surface area contributed by atoms with Crippen LogP contribution in [0, 0.1) is 11.3 Å². The number of halogens is 1. The summed E-state index contributed by atoms with van der Waals surface area (Å²) >= 11 is 5.96. The molecule has 1 aromatic heterocycles. The molecule has 0 aliphatic heterocycles. The fourth-order valence-electron chi connectivity index (χ4n) is 2.87. The van der Waals surface area contributed by atoms with E-state index >= 15 is 0 Å². The SMILES string of the molecule is CCNC(=O)/C(C#N)=C/c1cn(Cc2ccc(Cl)cc2)c2ccccc12. The molecule has 0 saturated carbocycles. The molecule has 1 amide bonds. The van der Waals surface area contributed by atoms with E-state index in [0.29, 0.717) is 18.1 Å². The number of nitrogens with one attached hydrogen (secondary N) is 1. The van der Waals surface area contributed by atoms with Crippen molar-refractivity contribution in [3.8, 4) is 6.07 Å². The van der Waals surface area contributed by atoms with Crippen molar-refractivity contribution in [3.63, 3.8) is 0 Å². The minimum Gasteiger partial charge on any atom is -0.352 e. The lowest BCUT2D eigenvalue weighted by Crippen LogP contribution is -2.23. The highest BCUT2D eigenvalue weighted by Crippen LogP contribution is 2.25. The average molecular weight is 364 g/mol. The number of hydrogen-bond donors (Lipinski definition) is 1. The molecule has 3 aromatic rings. The maximum Gasteiger partial charge on any atom is 0.261 e. The number of benzene rings is 2. The highest BCUT2D eigenvalue weighted by Gasteiger charge is 2.12. The van der Waals surface area contributed by atoms with E-state index in [1.165, 1.54) is 0 Å². The summed E-state index contributed by atoms with van der Waals surface area (Å²) in [6.45, 7) is 2.98. The average Bonchev–Trinajstić information content (AvgIpc) is 2.99. The highest BCUT2D eigenvalue weighted by molar-refractivity contribution is 6.30. The second kappa shape index (κ2) is 7.90. The summed E-state index contributed by atoms with van der Waals surface area (Å²) < 4.78 is 2.11. The van der Waals surface area contributed by atoms with Gasteiger partial charge in [-0.25, -0.2) is 0 Å². The fraction of sp³-hybridized carbons (Fsp3) is 0.143. The maximum absolute atomic E-state index is 12.0. The van der Waals surface area contributed by atoms with Gasteiger partial charge in [0.2, 0.25) is 0 Å². The summed E-state index contributed by atoms with van der Waals surface area (Å²) in [5.41, 5.74) is 3.11. The van der Waals surface area contributed by atoms with E-state index in [1.54, 1.807) is 6.08 Å². The van der Waals surface area contributed by atoms with Crippen molar-refractivity contribution in [1.82, 2.24) is 9.88 Å². The molecule has 0 unspecified atom stereocenters. The van der Waals surface area contributed by atoms with Crippen LogP contribution in [0.3, 0.4) is 0 Å². The molecule has 0 bridgehead atoms. The molecule has 2 aromatic carbocycles. The van der Waals surface area contributed by atoms with Gasteiger partial charge in [0, 0.05) is 40.8 Å². The molecule has 0 radical (unpaired) electrons.